The molecule has 1 atom stereocenters. The molecular weight excluding hydrogens is 290 g/mol. The van der Waals surface area contributed by atoms with Crippen molar-refractivity contribution in [2.24, 2.45) is 7.05 Å². The van der Waals surface area contributed by atoms with Gasteiger partial charge in [0.15, 0.2) is 6.10 Å². The van der Waals surface area contributed by atoms with Crippen LogP contribution in [0.5, 0.6) is 0 Å². The van der Waals surface area contributed by atoms with E-state index in [0.29, 0.717) is 4.88 Å². The Hall–Kier alpha value is -1.89. The quantitative estimate of drug-likeness (QED) is 0.874. The zero-order chi connectivity index (χ0) is 15.1. The van der Waals surface area contributed by atoms with Gasteiger partial charge in [0.25, 0.3) is 5.91 Å². The van der Waals surface area contributed by atoms with Crippen LogP contribution in [0.4, 0.5) is 0 Å². The van der Waals surface area contributed by atoms with Crippen molar-refractivity contribution in [1.82, 2.24) is 15.1 Å². The van der Waals surface area contributed by atoms with Gasteiger partial charge in [-0.15, -0.1) is 11.3 Å². The number of nitrogens with one attached hydrogen (secondary N) is 1. The summed E-state index contributed by atoms with van der Waals surface area (Å²) in [5, 5.41) is 8.06. The number of aryl methyl sites for hydroxylation is 2. The summed E-state index contributed by atoms with van der Waals surface area (Å²) in [6.45, 7) is 3.49. The molecule has 0 aliphatic heterocycles. The number of rotatable bonds is 4. The van der Waals surface area contributed by atoms with Crippen molar-refractivity contribution in [3.8, 4) is 0 Å². The number of hydrogen-bond donors (Lipinski definition) is 1. The maximum atomic E-state index is 12.1. The summed E-state index contributed by atoms with van der Waals surface area (Å²) in [6, 6.07) is 2.03. The Labute approximate surface area is 126 Å². The highest BCUT2D eigenvalue weighted by Crippen LogP contribution is 2.28. The van der Waals surface area contributed by atoms with Crippen LogP contribution in [0.25, 0.3) is 10.2 Å². The van der Waals surface area contributed by atoms with Crippen LogP contribution in [0.1, 0.15) is 35.1 Å². The first-order valence-electron chi connectivity index (χ1n) is 6.90. The van der Waals surface area contributed by atoms with E-state index in [2.05, 4.69) is 10.4 Å². The molecule has 21 heavy (non-hydrogen) atoms. The van der Waals surface area contributed by atoms with Crippen molar-refractivity contribution in [3.63, 3.8) is 0 Å². The number of carbonyl (C=O) groups excluding carboxylic acids is 2. The highest BCUT2D eigenvalue weighted by Gasteiger charge is 2.28. The molecule has 7 heteroatoms. The Morgan fingerprint density at radius 1 is 1.52 bits per heavy atom. The molecule has 0 saturated heterocycles. The molecule has 2 aromatic heterocycles. The van der Waals surface area contributed by atoms with Gasteiger partial charge in [-0.1, -0.05) is 0 Å². The van der Waals surface area contributed by atoms with E-state index in [1.54, 1.807) is 17.7 Å². The SMILES string of the molecule is Cc1nn(C)c2sc(C(=O)OC(C)C(=O)NC3CC3)cc12. The van der Waals surface area contributed by atoms with Crippen molar-refractivity contribution in [1.29, 1.82) is 0 Å². The number of fused-ring (bicyclic) bond motifs is 1. The van der Waals surface area contributed by atoms with Gasteiger partial charge in [0, 0.05) is 18.5 Å². The first-order chi connectivity index (χ1) is 9.95. The topological polar surface area (TPSA) is 73.2 Å². The van der Waals surface area contributed by atoms with Crippen LogP contribution in [0.2, 0.25) is 0 Å². The van der Waals surface area contributed by atoms with E-state index >= 15 is 0 Å². The van der Waals surface area contributed by atoms with E-state index in [1.165, 1.54) is 11.3 Å². The number of aromatic nitrogens is 2. The third kappa shape index (κ3) is 2.78. The Kier molecular flexibility index (Phi) is 3.44. The molecule has 0 aromatic carbocycles. The van der Waals surface area contributed by atoms with Gasteiger partial charge < -0.3 is 10.1 Å². The van der Waals surface area contributed by atoms with Crippen LogP contribution >= 0.6 is 11.3 Å². The minimum atomic E-state index is -0.775. The molecule has 6 nitrogen and oxygen atoms in total. The van der Waals surface area contributed by atoms with Crippen LogP contribution < -0.4 is 5.32 Å². The second-order valence-corrected chi connectivity index (χ2v) is 6.40. The maximum absolute atomic E-state index is 12.1. The zero-order valence-electron chi connectivity index (χ0n) is 12.2. The first-order valence-corrected chi connectivity index (χ1v) is 7.72. The second kappa shape index (κ2) is 5.14. The molecule has 1 aliphatic carbocycles. The van der Waals surface area contributed by atoms with E-state index in [0.717, 1.165) is 28.8 Å². The number of amides is 1. The standard InChI is InChI=1S/C14H17N3O3S/c1-7-10-6-11(21-13(10)17(3)16-7)14(19)20-8(2)12(18)15-9-4-5-9/h6,8-9H,4-5H2,1-3H3,(H,15,18). The van der Waals surface area contributed by atoms with Crippen LogP contribution in [0.15, 0.2) is 6.07 Å². The molecule has 2 aromatic rings. The number of esters is 1. The minimum Gasteiger partial charge on any atom is -0.448 e. The van der Waals surface area contributed by atoms with E-state index in [4.69, 9.17) is 4.74 Å². The van der Waals surface area contributed by atoms with Crippen LogP contribution in [-0.2, 0) is 16.6 Å². The molecule has 112 valence electrons. The second-order valence-electron chi connectivity index (χ2n) is 5.37. The Bertz CT molecular complexity index is 680. The molecule has 0 bridgehead atoms. The smallest absolute Gasteiger partial charge is 0.349 e. The molecular formula is C14H17N3O3S. The third-order valence-electron chi connectivity index (χ3n) is 3.47. The molecule has 3 rings (SSSR count). The highest BCUT2D eigenvalue weighted by atomic mass is 32.1. The van der Waals surface area contributed by atoms with Crippen molar-refractivity contribution in [2.45, 2.75) is 38.8 Å². The predicted octanol–water partition coefficient (Wildman–Crippen LogP) is 1.77. The van der Waals surface area contributed by atoms with E-state index in [1.807, 2.05) is 14.0 Å². The maximum Gasteiger partial charge on any atom is 0.349 e. The monoisotopic (exact) mass is 307 g/mol. The molecule has 1 aliphatic rings. The Morgan fingerprint density at radius 2 is 2.24 bits per heavy atom. The predicted molar refractivity (Wildman–Crippen MR) is 79.4 cm³/mol. The largest absolute Gasteiger partial charge is 0.448 e. The number of thiophene rings is 1. The number of hydrogen-bond acceptors (Lipinski definition) is 5. The van der Waals surface area contributed by atoms with Gasteiger partial charge in [0.05, 0.1) is 5.69 Å². The number of carbonyl (C=O) groups is 2. The third-order valence-corrected chi connectivity index (χ3v) is 4.66. The van der Waals surface area contributed by atoms with Gasteiger partial charge in [-0.05, 0) is 32.8 Å². The summed E-state index contributed by atoms with van der Waals surface area (Å²) < 4.78 is 6.98. The summed E-state index contributed by atoms with van der Waals surface area (Å²) in [4.78, 5) is 25.3. The summed E-state index contributed by atoms with van der Waals surface area (Å²) in [6.07, 6.45) is 1.24. The minimum absolute atomic E-state index is 0.232. The van der Waals surface area contributed by atoms with Gasteiger partial charge in [0.1, 0.15) is 9.71 Å². The van der Waals surface area contributed by atoms with Gasteiger partial charge in [-0.2, -0.15) is 5.10 Å². The normalized spacial score (nSPS) is 16.0. The molecule has 1 saturated carbocycles. The zero-order valence-corrected chi connectivity index (χ0v) is 13.0. The lowest BCUT2D eigenvalue weighted by Crippen LogP contribution is -2.36. The van der Waals surface area contributed by atoms with Crippen LogP contribution in [0, 0.1) is 6.92 Å². The van der Waals surface area contributed by atoms with Crippen LogP contribution in [-0.4, -0.2) is 33.8 Å². The van der Waals surface area contributed by atoms with Crippen molar-refractivity contribution >= 4 is 33.4 Å². The molecule has 1 unspecified atom stereocenters. The summed E-state index contributed by atoms with van der Waals surface area (Å²) in [7, 11) is 1.84. The molecule has 0 spiro atoms. The highest BCUT2D eigenvalue weighted by molar-refractivity contribution is 7.20. The fourth-order valence-corrected chi connectivity index (χ4v) is 3.13. The average molecular weight is 307 g/mol. The van der Waals surface area contributed by atoms with Crippen molar-refractivity contribution in [2.75, 3.05) is 0 Å². The summed E-state index contributed by atoms with van der Waals surface area (Å²) in [5.41, 5.74) is 0.877. The summed E-state index contributed by atoms with van der Waals surface area (Å²) >= 11 is 1.33. The Balaban J connectivity index is 1.71. The van der Waals surface area contributed by atoms with Crippen LogP contribution in [0.3, 0.4) is 0 Å². The van der Waals surface area contributed by atoms with Crippen molar-refractivity contribution < 1.29 is 14.3 Å². The molecule has 0 radical (unpaired) electrons. The number of nitrogens with zero attached hydrogens (tertiary/aromatic N) is 2. The van der Waals surface area contributed by atoms with E-state index in [-0.39, 0.29) is 11.9 Å². The number of ether oxygens (including phenoxy) is 1. The fourth-order valence-electron chi connectivity index (χ4n) is 2.12. The molecule has 1 N–H and O–H groups in total. The Morgan fingerprint density at radius 3 is 2.86 bits per heavy atom. The molecule has 2 heterocycles. The van der Waals surface area contributed by atoms with Gasteiger partial charge in [0.2, 0.25) is 0 Å². The first kappa shape index (κ1) is 14.1. The lowest BCUT2D eigenvalue weighted by molar-refractivity contribution is -0.129. The average Bonchev–Trinajstić information content (AvgIpc) is 3.04. The van der Waals surface area contributed by atoms with E-state index in [9.17, 15) is 9.59 Å². The van der Waals surface area contributed by atoms with Crippen molar-refractivity contribution in [3.05, 3.63) is 16.6 Å². The van der Waals surface area contributed by atoms with E-state index < -0.39 is 12.1 Å². The molecule has 1 amide bonds. The van der Waals surface area contributed by atoms with Gasteiger partial charge in [-0.25, -0.2) is 4.79 Å². The van der Waals surface area contributed by atoms with Gasteiger partial charge in [-0.3, -0.25) is 9.48 Å². The fraction of sp³-hybridized carbons (Fsp3) is 0.500. The van der Waals surface area contributed by atoms with Gasteiger partial charge >= 0.3 is 5.97 Å². The summed E-state index contributed by atoms with van der Waals surface area (Å²) in [5.74, 6) is -0.696. The molecule has 1 fully saturated rings. The lowest BCUT2D eigenvalue weighted by Gasteiger charge is -2.12. The lowest BCUT2D eigenvalue weighted by atomic mass is 10.3.